The number of ether oxygens (including phenoxy) is 1. The molecular weight excluding hydrogens is 359 g/mol. The normalized spacial score (nSPS) is 12.3. The number of esters is 1. The van der Waals surface area contributed by atoms with Crippen LogP contribution in [0.3, 0.4) is 0 Å². The Morgan fingerprint density at radius 3 is 2.64 bits per heavy atom. The van der Waals surface area contributed by atoms with Crippen LogP contribution in [0.5, 0.6) is 0 Å². The standard InChI is InChI=1S/C10H10BrIO2/c1-6(11)7-3-8(10(13)14-2)5-9(12)4-7/h3-6H,1-2H3. The number of alkyl halides is 1. The lowest BCUT2D eigenvalue weighted by molar-refractivity contribution is 0.0600. The molecule has 0 saturated heterocycles. The molecule has 0 fully saturated rings. The Balaban J connectivity index is 3.13. The minimum atomic E-state index is -0.294. The molecule has 2 nitrogen and oxygen atoms in total. The van der Waals surface area contributed by atoms with Gasteiger partial charge in [0, 0.05) is 8.40 Å². The van der Waals surface area contributed by atoms with Crippen LogP contribution in [0.1, 0.15) is 27.7 Å². The van der Waals surface area contributed by atoms with Gasteiger partial charge in [-0.3, -0.25) is 0 Å². The summed E-state index contributed by atoms with van der Waals surface area (Å²) in [5.74, 6) is -0.294. The van der Waals surface area contributed by atoms with E-state index in [-0.39, 0.29) is 10.8 Å². The van der Waals surface area contributed by atoms with Crippen molar-refractivity contribution in [2.45, 2.75) is 11.8 Å². The third-order valence-corrected chi connectivity index (χ3v) is 2.95. The highest BCUT2D eigenvalue weighted by Crippen LogP contribution is 2.24. The first-order valence-corrected chi connectivity index (χ1v) is 6.07. The monoisotopic (exact) mass is 368 g/mol. The van der Waals surface area contributed by atoms with Gasteiger partial charge in [0.05, 0.1) is 12.7 Å². The molecule has 0 amide bonds. The first-order valence-electron chi connectivity index (χ1n) is 4.07. The van der Waals surface area contributed by atoms with Crippen LogP contribution < -0.4 is 0 Å². The van der Waals surface area contributed by atoms with Gasteiger partial charge in [-0.05, 0) is 53.3 Å². The molecule has 0 heterocycles. The molecule has 0 saturated carbocycles. The Labute approximate surface area is 105 Å². The summed E-state index contributed by atoms with van der Waals surface area (Å²) >= 11 is 5.65. The topological polar surface area (TPSA) is 26.3 Å². The van der Waals surface area contributed by atoms with Crippen molar-refractivity contribution in [3.8, 4) is 0 Å². The number of halogens is 2. The summed E-state index contributed by atoms with van der Waals surface area (Å²) < 4.78 is 5.70. The molecule has 1 unspecified atom stereocenters. The molecule has 0 aromatic heterocycles. The number of hydrogen-bond acceptors (Lipinski definition) is 2. The lowest BCUT2D eigenvalue weighted by Gasteiger charge is -2.07. The summed E-state index contributed by atoms with van der Waals surface area (Å²) in [5, 5.41) is 0. The van der Waals surface area contributed by atoms with Crippen molar-refractivity contribution in [1.82, 2.24) is 0 Å². The molecule has 0 aliphatic rings. The van der Waals surface area contributed by atoms with E-state index in [1.807, 2.05) is 25.1 Å². The minimum Gasteiger partial charge on any atom is -0.465 e. The maximum Gasteiger partial charge on any atom is 0.337 e. The van der Waals surface area contributed by atoms with Gasteiger partial charge < -0.3 is 4.74 Å². The van der Waals surface area contributed by atoms with Crippen LogP contribution in [0.2, 0.25) is 0 Å². The van der Waals surface area contributed by atoms with E-state index in [4.69, 9.17) is 0 Å². The van der Waals surface area contributed by atoms with Gasteiger partial charge in [-0.1, -0.05) is 15.9 Å². The summed E-state index contributed by atoms with van der Waals surface area (Å²) in [6.07, 6.45) is 0. The van der Waals surface area contributed by atoms with Crippen LogP contribution in [0.15, 0.2) is 18.2 Å². The van der Waals surface area contributed by atoms with Crippen molar-refractivity contribution in [2.24, 2.45) is 0 Å². The van der Waals surface area contributed by atoms with Crippen molar-refractivity contribution in [3.05, 3.63) is 32.9 Å². The maximum absolute atomic E-state index is 11.3. The Morgan fingerprint density at radius 1 is 1.50 bits per heavy atom. The van der Waals surface area contributed by atoms with Gasteiger partial charge in [-0.2, -0.15) is 0 Å². The van der Waals surface area contributed by atoms with Gasteiger partial charge in [-0.25, -0.2) is 4.79 Å². The van der Waals surface area contributed by atoms with Gasteiger partial charge in [0.25, 0.3) is 0 Å². The fourth-order valence-corrected chi connectivity index (χ4v) is 2.04. The van der Waals surface area contributed by atoms with Gasteiger partial charge in [0.15, 0.2) is 0 Å². The van der Waals surface area contributed by atoms with Crippen molar-refractivity contribution >= 4 is 44.5 Å². The molecule has 0 N–H and O–H groups in total. The van der Waals surface area contributed by atoms with Crippen LogP contribution in [0.4, 0.5) is 0 Å². The molecule has 0 spiro atoms. The molecule has 14 heavy (non-hydrogen) atoms. The summed E-state index contributed by atoms with van der Waals surface area (Å²) in [6, 6.07) is 5.69. The van der Waals surface area contributed by atoms with E-state index in [2.05, 4.69) is 43.3 Å². The fourth-order valence-electron chi connectivity index (χ4n) is 1.08. The third-order valence-electron chi connectivity index (χ3n) is 1.80. The first kappa shape index (κ1) is 12.0. The second-order valence-electron chi connectivity index (χ2n) is 2.88. The fraction of sp³-hybridized carbons (Fsp3) is 0.300. The molecule has 76 valence electrons. The van der Waals surface area contributed by atoms with Gasteiger partial charge in [-0.15, -0.1) is 0 Å². The molecule has 1 atom stereocenters. The molecule has 0 bridgehead atoms. The molecule has 0 aliphatic carbocycles. The molecule has 1 rings (SSSR count). The van der Waals surface area contributed by atoms with Crippen molar-refractivity contribution in [3.63, 3.8) is 0 Å². The number of benzene rings is 1. The third kappa shape index (κ3) is 2.95. The second-order valence-corrected chi connectivity index (χ2v) is 5.50. The number of carbonyl (C=O) groups excluding carboxylic acids is 1. The smallest absolute Gasteiger partial charge is 0.337 e. The van der Waals surface area contributed by atoms with E-state index in [0.717, 1.165) is 9.13 Å². The molecule has 0 aliphatic heterocycles. The maximum atomic E-state index is 11.3. The lowest BCUT2D eigenvalue weighted by Crippen LogP contribution is -2.02. The minimum absolute atomic E-state index is 0.237. The Kier molecular flexibility index (Phi) is 4.37. The zero-order valence-electron chi connectivity index (χ0n) is 7.88. The summed E-state index contributed by atoms with van der Waals surface area (Å²) in [5.41, 5.74) is 1.68. The predicted molar refractivity (Wildman–Crippen MR) is 67.8 cm³/mol. The van der Waals surface area contributed by atoms with E-state index in [9.17, 15) is 4.79 Å². The van der Waals surface area contributed by atoms with Crippen molar-refractivity contribution in [1.29, 1.82) is 0 Å². The molecule has 0 radical (unpaired) electrons. The van der Waals surface area contributed by atoms with Crippen LogP contribution in [0, 0.1) is 3.57 Å². The Bertz CT molecular complexity index is 350. The predicted octanol–water partition coefficient (Wildman–Crippen LogP) is 3.53. The molecule has 4 heteroatoms. The van der Waals surface area contributed by atoms with Crippen molar-refractivity contribution < 1.29 is 9.53 Å². The first-order chi connectivity index (χ1) is 6.54. The number of carbonyl (C=O) groups is 1. The van der Waals surface area contributed by atoms with Gasteiger partial charge in [0.2, 0.25) is 0 Å². The van der Waals surface area contributed by atoms with E-state index < -0.39 is 0 Å². The van der Waals surface area contributed by atoms with Crippen molar-refractivity contribution in [2.75, 3.05) is 7.11 Å². The highest BCUT2D eigenvalue weighted by Gasteiger charge is 2.09. The summed E-state index contributed by atoms with van der Waals surface area (Å²) in [6.45, 7) is 2.02. The molecular formula is C10H10BrIO2. The molecule has 1 aromatic carbocycles. The highest BCUT2D eigenvalue weighted by molar-refractivity contribution is 14.1. The van der Waals surface area contributed by atoms with E-state index in [1.54, 1.807) is 0 Å². The zero-order chi connectivity index (χ0) is 10.7. The van der Waals surface area contributed by atoms with E-state index >= 15 is 0 Å². The summed E-state index contributed by atoms with van der Waals surface area (Å²) in [7, 11) is 1.39. The SMILES string of the molecule is COC(=O)c1cc(I)cc(C(C)Br)c1. The largest absolute Gasteiger partial charge is 0.465 e. The highest BCUT2D eigenvalue weighted by atomic mass is 127. The van der Waals surface area contributed by atoms with E-state index in [0.29, 0.717) is 5.56 Å². The van der Waals surface area contributed by atoms with Crippen LogP contribution in [0.25, 0.3) is 0 Å². The zero-order valence-corrected chi connectivity index (χ0v) is 11.6. The number of methoxy groups -OCH3 is 1. The quantitative estimate of drug-likeness (QED) is 0.453. The Morgan fingerprint density at radius 2 is 2.14 bits per heavy atom. The second kappa shape index (κ2) is 5.11. The van der Waals surface area contributed by atoms with Crippen LogP contribution >= 0.6 is 38.5 Å². The number of hydrogen-bond donors (Lipinski definition) is 0. The average molecular weight is 369 g/mol. The lowest BCUT2D eigenvalue weighted by atomic mass is 10.1. The average Bonchev–Trinajstić information content (AvgIpc) is 2.15. The summed E-state index contributed by atoms with van der Waals surface area (Å²) in [4.78, 5) is 11.5. The van der Waals surface area contributed by atoms with Crippen LogP contribution in [-0.4, -0.2) is 13.1 Å². The van der Waals surface area contributed by atoms with Crippen LogP contribution in [-0.2, 0) is 4.74 Å². The molecule has 1 aromatic rings. The van der Waals surface area contributed by atoms with E-state index in [1.165, 1.54) is 7.11 Å². The number of rotatable bonds is 2. The van der Waals surface area contributed by atoms with Gasteiger partial charge >= 0.3 is 5.97 Å². The van der Waals surface area contributed by atoms with Gasteiger partial charge in [0.1, 0.15) is 0 Å². The Hall–Kier alpha value is -0.100.